The van der Waals surface area contributed by atoms with E-state index in [9.17, 15) is 19.5 Å². The van der Waals surface area contributed by atoms with Crippen LogP contribution in [0.3, 0.4) is 0 Å². The van der Waals surface area contributed by atoms with Crippen molar-refractivity contribution in [2.75, 3.05) is 20.1 Å². The van der Waals surface area contributed by atoms with E-state index in [0.29, 0.717) is 19.5 Å². The molecule has 21 heavy (non-hydrogen) atoms. The number of hydrogen-bond donors (Lipinski definition) is 2. The van der Waals surface area contributed by atoms with Crippen LogP contribution in [0.1, 0.15) is 33.6 Å². The van der Waals surface area contributed by atoms with Gasteiger partial charge in [0.05, 0.1) is 0 Å². The topological polar surface area (TPSA) is 90.0 Å². The fourth-order valence-electron chi connectivity index (χ4n) is 2.44. The minimum Gasteiger partial charge on any atom is -0.480 e. The lowest BCUT2D eigenvalue weighted by molar-refractivity contribution is -0.143. The van der Waals surface area contributed by atoms with Gasteiger partial charge in [-0.25, -0.2) is 9.59 Å². The number of nitrogens with zero attached hydrogens (tertiary/aromatic N) is 2. The highest BCUT2D eigenvalue weighted by Crippen LogP contribution is 2.22. The van der Waals surface area contributed by atoms with Crippen molar-refractivity contribution in [3.8, 4) is 0 Å². The van der Waals surface area contributed by atoms with Gasteiger partial charge in [-0.05, 0) is 32.6 Å². The van der Waals surface area contributed by atoms with E-state index in [4.69, 9.17) is 0 Å². The maximum Gasteiger partial charge on any atom is 0.326 e. The summed E-state index contributed by atoms with van der Waals surface area (Å²) < 4.78 is 0. The summed E-state index contributed by atoms with van der Waals surface area (Å²) in [6.07, 6.45) is 1.22. The maximum atomic E-state index is 12.2. The van der Waals surface area contributed by atoms with Crippen LogP contribution in [0.5, 0.6) is 0 Å². The van der Waals surface area contributed by atoms with Gasteiger partial charge in [0.15, 0.2) is 0 Å². The van der Waals surface area contributed by atoms with Crippen LogP contribution in [-0.4, -0.2) is 65.0 Å². The number of piperidine rings is 1. The normalized spacial score (nSPS) is 23.3. The zero-order valence-electron chi connectivity index (χ0n) is 13.1. The summed E-state index contributed by atoms with van der Waals surface area (Å²) in [5.41, 5.74) is 0. The van der Waals surface area contributed by atoms with E-state index < -0.39 is 24.1 Å². The Morgan fingerprint density at radius 2 is 2.05 bits per heavy atom. The van der Waals surface area contributed by atoms with Crippen molar-refractivity contribution in [2.24, 2.45) is 5.92 Å². The first-order valence-electron chi connectivity index (χ1n) is 7.32. The predicted octanol–water partition coefficient (Wildman–Crippen LogP) is 0.748. The van der Waals surface area contributed by atoms with E-state index in [0.717, 1.165) is 6.42 Å². The molecule has 0 saturated carbocycles. The molecule has 7 nitrogen and oxygen atoms in total. The van der Waals surface area contributed by atoms with Crippen LogP contribution < -0.4 is 5.32 Å². The Labute approximate surface area is 125 Å². The van der Waals surface area contributed by atoms with E-state index in [1.807, 2.05) is 13.8 Å². The van der Waals surface area contributed by atoms with Crippen molar-refractivity contribution in [3.05, 3.63) is 0 Å². The third-order valence-electron chi connectivity index (χ3n) is 3.97. The number of nitrogens with one attached hydrogen (secondary N) is 1. The third kappa shape index (κ3) is 4.34. The van der Waals surface area contributed by atoms with E-state index in [2.05, 4.69) is 5.32 Å². The van der Waals surface area contributed by atoms with Gasteiger partial charge in [-0.3, -0.25) is 4.79 Å². The van der Waals surface area contributed by atoms with Gasteiger partial charge in [0, 0.05) is 20.1 Å². The molecule has 3 amide bonds. The van der Waals surface area contributed by atoms with Gasteiger partial charge in [0.2, 0.25) is 5.91 Å². The van der Waals surface area contributed by atoms with Gasteiger partial charge in [0.25, 0.3) is 0 Å². The Morgan fingerprint density at radius 1 is 1.43 bits per heavy atom. The Hall–Kier alpha value is -1.79. The number of carbonyl (C=O) groups is 3. The first-order valence-corrected chi connectivity index (χ1v) is 7.32. The molecule has 3 atom stereocenters. The van der Waals surface area contributed by atoms with Crippen molar-refractivity contribution in [1.82, 2.24) is 15.1 Å². The summed E-state index contributed by atoms with van der Waals surface area (Å²) in [7, 11) is 1.66. The summed E-state index contributed by atoms with van der Waals surface area (Å²) in [5.74, 6) is -0.912. The number of aliphatic carboxylic acids is 1. The van der Waals surface area contributed by atoms with Gasteiger partial charge < -0.3 is 20.2 Å². The van der Waals surface area contributed by atoms with Crippen LogP contribution in [0.4, 0.5) is 4.79 Å². The maximum absolute atomic E-state index is 12.2. The molecular weight excluding hydrogens is 274 g/mol. The van der Waals surface area contributed by atoms with Crippen molar-refractivity contribution in [2.45, 2.75) is 45.7 Å². The molecule has 1 rings (SSSR count). The number of carbonyl (C=O) groups excluding carboxylic acids is 2. The highest BCUT2D eigenvalue weighted by Gasteiger charge is 2.35. The second-order valence-electron chi connectivity index (χ2n) is 5.70. The summed E-state index contributed by atoms with van der Waals surface area (Å²) >= 11 is 0. The molecule has 1 fully saturated rings. The number of carboxylic acids is 1. The number of hydrogen-bond acceptors (Lipinski definition) is 3. The number of carboxylic acid groups (broad SMARTS) is 1. The molecule has 0 spiro atoms. The number of rotatable bonds is 4. The Kier molecular flexibility index (Phi) is 5.99. The molecule has 0 bridgehead atoms. The number of urea groups is 1. The van der Waals surface area contributed by atoms with Crippen molar-refractivity contribution >= 4 is 17.9 Å². The Balaban J connectivity index is 2.69. The summed E-state index contributed by atoms with van der Waals surface area (Å²) in [4.78, 5) is 38.3. The molecule has 1 aliphatic heterocycles. The average molecular weight is 299 g/mol. The van der Waals surface area contributed by atoms with E-state index in [1.54, 1.807) is 14.0 Å². The lowest BCUT2D eigenvalue weighted by Crippen LogP contribution is -2.56. The molecule has 1 saturated heterocycles. The lowest BCUT2D eigenvalue weighted by Gasteiger charge is -2.36. The second kappa shape index (κ2) is 7.28. The Morgan fingerprint density at radius 3 is 2.57 bits per heavy atom. The fourth-order valence-corrected chi connectivity index (χ4v) is 2.44. The first kappa shape index (κ1) is 17.3. The van der Waals surface area contributed by atoms with Gasteiger partial charge in [0.1, 0.15) is 12.1 Å². The predicted molar refractivity (Wildman–Crippen MR) is 77.8 cm³/mol. The molecule has 1 aliphatic rings. The summed E-state index contributed by atoms with van der Waals surface area (Å²) in [6, 6.07) is -1.98. The quantitative estimate of drug-likeness (QED) is 0.801. The molecule has 0 aromatic rings. The molecule has 0 aromatic heterocycles. The smallest absolute Gasteiger partial charge is 0.326 e. The molecule has 0 aromatic carbocycles. The van der Waals surface area contributed by atoms with Crippen molar-refractivity contribution < 1.29 is 19.5 Å². The van der Waals surface area contributed by atoms with E-state index >= 15 is 0 Å². The molecule has 3 unspecified atom stereocenters. The number of likely N-dealkylation sites (N-methyl/N-ethyl adjacent to an activating group) is 1. The van der Waals surface area contributed by atoms with Crippen LogP contribution in [0.25, 0.3) is 0 Å². The van der Waals surface area contributed by atoms with Crippen molar-refractivity contribution in [3.63, 3.8) is 0 Å². The summed E-state index contributed by atoms with van der Waals surface area (Å²) in [5, 5.41) is 11.8. The molecule has 0 radical (unpaired) electrons. The number of amides is 3. The average Bonchev–Trinajstić information content (AvgIpc) is 2.44. The SMILES string of the molecule is CCN(C)C(=O)C(C)NC(=O)N1CCC(C)CC1C(=O)O. The third-order valence-corrected chi connectivity index (χ3v) is 3.97. The van der Waals surface area contributed by atoms with Crippen LogP contribution in [0.15, 0.2) is 0 Å². The highest BCUT2D eigenvalue weighted by molar-refractivity contribution is 5.88. The summed E-state index contributed by atoms with van der Waals surface area (Å²) in [6.45, 7) is 6.38. The van der Waals surface area contributed by atoms with Gasteiger partial charge in [-0.1, -0.05) is 6.92 Å². The van der Waals surface area contributed by atoms with Crippen LogP contribution in [0.2, 0.25) is 0 Å². The standard InChI is InChI=1S/C14H25N3O4/c1-5-16(4)12(18)10(3)15-14(21)17-7-6-9(2)8-11(17)13(19)20/h9-11H,5-8H2,1-4H3,(H,15,21)(H,19,20). The van der Waals surface area contributed by atoms with E-state index in [-0.39, 0.29) is 11.8 Å². The minimum atomic E-state index is -0.999. The van der Waals surface area contributed by atoms with Crippen LogP contribution in [-0.2, 0) is 9.59 Å². The van der Waals surface area contributed by atoms with E-state index in [1.165, 1.54) is 9.80 Å². The number of likely N-dealkylation sites (tertiary alicyclic amines) is 1. The van der Waals surface area contributed by atoms with Gasteiger partial charge in [-0.15, -0.1) is 0 Å². The lowest BCUT2D eigenvalue weighted by atomic mass is 9.93. The zero-order valence-corrected chi connectivity index (χ0v) is 13.1. The molecular formula is C14H25N3O4. The minimum absolute atomic E-state index is 0.192. The first-order chi connectivity index (χ1) is 9.77. The van der Waals surface area contributed by atoms with Crippen molar-refractivity contribution in [1.29, 1.82) is 0 Å². The van der Waals surface area contributed by atoms with Gasteiger partial charge in [-0.2, -0.15) is 0 Å². The second-order valence-corrected chi connectivity index (χ2v) is 5.70. The van der Waals surface area contributed by atoms with Gasteiger partial charge >= 0.3 is 12.0 Å². The molecule has 0 aliphatic carbocycles. The molecule has 7 heteroatoms. The van der Waals surface area contributed by atoms with Crippen LogP contribution in [0, 0.1) is 5.92 Å². The largest absolute Gasteiger partial charge is 0.480 e. The zero-order chi connectivity index (χ0) is 16.2. The molecule has 120 valence electrons. The van der Waals surface area contributed by atoms with Crippen LogP contribution >= 0.6 is 0 Å². The fraction of sp³-hybridized carbons (Fsp3) is 0.786. The highest BCUT2D eigenvalue weighted by atomic mass is 16.4. The molecule has 1 heterocycles. The Bertz CT molecular complexity index is 413. The monoisotopic (exact) mass is 299 g/mol. The molecule has 2 N–H and O–H groups in total.